The van der Waals surface area contributed by atoms with Gasteiger partial charge >= 0.3 is 0 Å². The van der Waals surface area contributed by atoms with E-state index in [-0.39, 0.29) is 6.10 Å². The van der Waals surface area contributed by atoms with Crippen molar-refractivity contribution < 1.29 is 9.47 Å². The minimum atomic E-state index is -0.0221. The molecule has 0 fully saturated rings. The monoisotopic (exact) mass is 278 g/mol. The summed E-state index contributed by atoms with van der Waals surface area (Å²) in [6, 6.07) is 16.2. The van der Waals surface area contributed by atoms with Crippen LogP contribution < -0.4 is 9.47 Å². The molecule has 21 heavy (non-hydrogen) atoms. The third kappa shape index (κ3) is 3.00. The van der Waals surface area contributed by atoms with Crippen LogP contribution in [0.25, 0.3) is 12.2 Å². The molecule has 3 rings (SSSR count). The molecule has 1 aliphatic rings. The Morgan fingerprint density at radius 3 is 2.71 bits per heavy atom. The summed E-state index contributed by atoms with van der Waals surface area (Å²) in [4.78, 5) is 0. The molecule has 2 heteroatoms. The van der Waals surface area contributed by atoms with Crippen LogP contribution in [0, 0.1) is 0 Å². The molecule has 1 unspecified atom stereocenters. The maximum atomic E-state index is 6.05. The second kappa shape index (κ2) is 5.88. The van der Waals surface area contributed by atoms with Crippen molar-refractivity contribution in [1.29, 1.82) is 0 Å². The average Bonchev–Trinajstić information content (AvgIpc) is 2.54. The SMILES string of the molecule is COc1ccc2c(c1)C=CC(C(C)=Cc1ccccc1)O2. The highest BCUT2D eigenvalue weighted by Gasteiger charge is 2.16. The van der Waals surface area contributed by atoms with Crippen molar-refractivity contribution in [1.82, 2.24) is 0 Å². The fraction of sp³-hybridized carbons (Fsp3) is 0.158. The summed E-state index contributed by atoms with van der Waals surface area (Å²) < 4.78 is 11.3. The molecule has 0 N–H and O–H groups in total. The molecule has 0 bridgehead atoms. The van der Waals surface area contributed by atoms with Crippen molar-refractivity contribution in [3.8, 4) is 11.5 Å². The zero-order chi connectivity index (χ0) is 14.7. The van der Waals surface area contributed by atoms with Gasteiger partial charge in [0.1, 0.15) is 17.6 Å². The minimum Gasteiger partial charge on any atom is -0.497 e. The number of fused-ring (bicyclic) bond motifs is 1. The molecule has 0 radical (unpaired) electrons. The van der Waals surface area contributed by atoms with Crippen LogP contribution in [0.5, 0.6) is 11.5 Å². The normalized spacial score (nSPS) is 17.0. The van der Waals surface area contributed by atoms with Crippen molar-refractivity contribution in [3.05, 3.63) is 71.3 Å². The number of ether oxygens (including phenoxy) is 2. The van der Waals surface area contributed by atoms with E-state index >= 15 is 0 Å². The third-order valence-corrected chi connectivity index (χ3v) is 3.56. The molecule has 1 heterocycles. The van der Waals surface area contributed by atoms with E-state index in [1.807, 2.05) is 36.4 Å². The predicted molar refractivity (Wildman–Crippen MR) is 86.5 cm³/mol. The zero-order valence-electron chi connectivity index (χ0n) is 12.2. The molecule has 0 amide bonds. The largest absolute Gasteiger partial charge is 0.497 e. The lowest BCUT2D eigenvalue weighted by atomic mass is 10.0. The van der Waals surface area contributed by atoms with E-state index in [9.17, 15) is 0 Å². The van der Waals surface area contributed by atoms with Gasteiger partial charge in [-0.25, -0.2) is 0 Å². The Hall–Kier alpha value is -2.48. The summed E-state index contributed by atoms with van der Waals surface area (Å²) in [6.45, 7) is 2.09. The number of rotatable bonds is 3. The Bertz CT molecular complexity index is 684. The standard InChI is InChI=1S/C19H18O2/c1-14(12-15-6-4-3-5-7-15)18-10-8-16-13-17(20-2)9-11-19(16)21-18/h3-13,18H,1-2H3. The van der Waals surface area contributed by atoms with Gasteiger partial charge in [0.05, 0.1) is 7.11 Å². The highest BCUT2D eigenvalue weighted by Crippen LogP contribution is 2.31. The van der Waals surface area contributed by atoms with Gasteiger partial charge in [0.25, 0.3) is 0 Å². The van der Waals surface area contributed by atoms with Crippen molar-refractivity contribution in [2.24, 2.45) is 0 Å². The molecule has 0 spiro atoms. The molecule has 2 nitrogen and oxygen atoms in total. The molecule has 0 aliphatic carbocycles. The van der Waals surface area contributed by atoms with Gasteiger partial charge < -0.3 is 9.47 Å². The van der Waals surface area contributed by atoms with Gasteiger partial charge in [-0.15, -0.1) is 0 Å². The summed E-state index contributed by atoms with van der Waals surface area (Å²) >= 11 is 0. The predicted octanol–water partition coefficient (Wildman–Crippen LogP) is 4.57. The van der Waals surface area contributed by atoms with Gasteiger partial charge in [-0.2, -0.15) is 0 Å². The Kier molecular flexibility index (Phi) is 3.78. The summed E-state index contributed by atoms with van der Waals surface area (Å²) in [5, 5.41) is 0. The van der Waals surface area contributed by atoms with Crippen LogP contribution in [-0.4, -0.2) is 13.2 Å². The molecule has 106 valence electrons. The quantitative estimate of drug-likeness (QED) is 0.818. The van der Waals surface area contributed by atoms with E-state index in [4.69, 9.17) is 9.47 Å². The van der Waals surface area contributed by atoms with Crippen molar-refractivity contribution in [2.75, 3.05) is 7.11 Å². The first-order valence-electron chi connectivity index (χ1n) is 7.02. The maximum absolute atomic E-state index is 6.05. The van der Waals surface area contributed by atoms with E-state index in [1.165, 1.54) is 11.1 Å². The first kappa shape index (κ1) is 13.5. The molecular formula is C19H18O2. The third-order valence-electron chi connectivity index (χ3n) is 3.56. The van der Waals surface area contributed by atoms with E-state index < -0.39 is 0 Å². The highest BCUT2D eigenvalue weighted by atomic mass is 16.5. The van der Waals surface area contributed by atoms with Crippen molar-refractivity contribution >= 4 is 12.2 Å². The maximum Gasteiger partial charge on any atom is 0.138 e. The molecule has 2 aromatic carbocycles. The van der Waals surface area contributed by atoms with Crippen LogP contribution in [0.1, 0.15) is 18.1 Å². The molecule has 2 aromatic rings. The fourth-order valence-corrected chi connectivity index (χ4v) is 2.40. The van der Waals surface area contributed by atoms with E-state index in [0.29, 0.717) is 0 Å². The number of methoxy groups -OCH3 is 1. The Morgan fingerprint density at radius 2 is 1.95 bits per heavy atom. The van der Waals surface area contributed by atoms with Crippen LogP contribution in [0.4, 0.5) is 0 Å². The number of benzene rings is 2. The summed E-state index contributed by atoms with van der Waals surface area (Å²) in [5.41, 5.74) is 3.42. The smallest absolute Gasteiger partial charge is 0.138 e. The number of hydrogen-bond donors (Lipinski definition) is 0. The van der Waals surface area contributed by atoms with Crippen LogP contribution in [0.3, 0.4) is 0 Å². The Morgan fingerprint density at radius 1 is 1.14 bits per heavy atom. The summed E-state index contributed by atoms with van der Waals surface area (Å²) in [5.74, 6) is 1.74. The van der Waals surface area contributed by atoms with E-state index in [1.54, 1.807) is 7.11 Å². The fourth-order valence-electron chi connectivity index (χ4n) is 2.40. The molecule has 1 atom stereocenters. The Balaban J connectivity index is 1.82. The molecule has 0 saturated carbocycles. The first-order valence-corrected chi connectivity index (χ1v) is 7.02. The van der Waals surface area contributed by atoms with E-state index in [2.05, 4.69) is 37.3 Å². The van der Waals surface area contributed by atoms with Gasteiger partial charge in [0, 0.05) is 5.56 Å². The van der Waals surface area contributed by atoms with Crippen LogP contribution >= 0.6 is 0 Å². The molecule has 1 aliphatic heterocycles. The molecule has 0 aromatic heterocycles. The van der Waals surface area contributed by atoms with Crippen LogP contribution in [0.15, 0.2) is 60.2 Å². The van der Waals surface area contributed by atoms with Crippen molar-refractivity contribution in [3.63, 3.8) is 0 Å². The molecule has 0 saturated heterocycles. The van der Waals surface area contributed by atoms with Gasteiger partial charge in [-0.3, -0.25) is 0 Å². The molecular weight excluding hydrogens is 260 g/mol. The van der Waals surface area contributed by atoms with Crippen molar-refractivity contribution in [2.45, 2.75) is 13.0 Å². The summed E-state index contributed by atoms with van der Waals surface area (Å²) in [6.07, 6.45) is 6.31. The van der Waals surface area contributed by atoms with Gasteiger partial charge in [-0.05, 0) is 42.3 Å². The van der Waals surface area contributed by atoms with E-state index in [0.717, 1.165) is 17.1 Å². The van der Waals surface area contributed by atoms with Gasteiger partial charge in [-0.1, -0.05) is 42.5 Å². The van der Waals surface area contributed by atoms with Gasteiger partial charge in [0.2, 0.25) is 0 Å². The second-order valence-electron chi connectivity index (χ2n) is 5.10. The van der Waals surface area contributed by atoms with Gasteiger partial charge in [0.15, 0.2) is 0 Å². The first-order chi connectivity index (χ1) is 10.3. The van der Waals surface area contributed by atoms with Crippen LogP contribution in [-0.2, 0) is 0 Å². The zero-order valence-corrected chi connectivity index (χ0v) is 12.2. The topological polar surface area (TPSA) is 18.5 Å². The lowest BCUT2D eigenvalue weighted by molar-refractivity contribution is 0.281. The van der Waals surface area contributed by atoms with Crippen LogP contribution in [0.2, 0.25) is 0 Å². The average molecular weight is 278 g/mol. The summed E-state index contributed by atoms with van der Waals surface area (Å²) in [7, 11) is 1.67. The Labute approximate surface area is 125 Å². The highest BCUT2D eigenvalue weighted by molar-refractivity contribution is 5.64. The number of hydrogen-bond acceptors (Lipinski definition) is 2. The second-order valence-corrected chi connectivity index (χ2v) is 5.10. The minimum absolute atomic E-state index is 0.0221. The lowest BCUT2D eigenvalue weighted by Crippen LogP contribution is -2.18. The lowest BCUT2D eigenvalue weighted by Gasteiger charge is -2.22.